The number of benzene rings is 1. The van der Waals surface area contributed by atoms with Gasteiger partial charge in [-0.2, -0.15) is 10.2 Å². The number of aliphatic hydroxyl groups is 1. The smallest absolute Gasteiger partial charge is 0.164 e. The molecule has 2 aliphatic rings. The summed E-state index contributed by atoms with van der Waals surface area (Å²) >= 11 is 0. The van der Waals surface area contributed by atoms with E-state index in [-0.39, 0.29) is 6.04 Å². The number of aromatic nitrogens is 5. The highest BCUT2D eigenvalue weighted by Gasteiger charge is 2.33. The minimum atomic E-state index is -0.587. The molecule has 1 unspecified atom stereocenters. The van der Waals surface area contributed by atoms with Crippen molar-refractivity contribution in [1.29, 1.82) is 0 Å². The van der Waals surface area contributed by atoms with Crippen LogP contribution in [-0.4, -0.2) is 48.5 Å². The van der Waals surface area contributed by atoms with Crippen molar-refractivity contribution in [1.82, 2.24) is 24.5 Å². The maximum Gasteiger partial charge on any atom is 0.164 e. The zero-order chi connectivity index (χ0) is 22.0. The molecule has 6 rings (SSSR count). The summed E-state index contributed by atoms with van der Waals surface area (Å²) in [5.41, 5.74) is 5.11. The Bertz CT molecular complexity index is 1300. The second kappa shape index (κ2) is 7.06. The molecular formula is C24H27N7O. The molecular weight excluding hydrogens is 402 g/mol. The number of aryl methyl sites for hydroxylation is 1. The summed E-state index contributed by atoms with van der Waals surface area (Å²) in [6, 6.07) is 11.1. The average Bonchev–Trinajstić information content (AvgIpc) is 3.42. The van der Waals surface area contributed by atoms with Gasteiger partial charge in [-0.3, -0.25) is 4.68 Å². The fourth-order valence-corrected chi connectivity index (χ4v) is 4.89. The van der Waals surface area contributed by atoms with Crippen molar-refractivity contribution in [3.8, 4) is 11.1 Å². The van der Waals surface area contributed by atoms with E-state index in [1.165, 1.54) is 12.8 Å². The summed E-state index contributed by atoms with van der Waals surface area (Å²) in [6.07, 6.45) is 7.72. The van der Waals surface area contributed by atoms with Crippen LogP contribution in [0.5, 0.6) is 0 Å². The summed E-state index contributed by atoms with van der Waals surface area (Å²) in [5, 5.41) is 21.0. The van der Waals surface area contributed by atoms with Gasteiger partial charge >= 0.3 is 0 Å². The molecule has 32 heavy (non-hydrogen) atoms. The van der Waals surface area contributed by atoms with Gasteiger partial charge in [-0.25, -0.2) is 9.67 Å². The maximum atomic E-state index is 10.5. The van der Waals surface area contributed by atoms with E-state index in [4.69, 9.17) is 5.10 Å². The van der Waals surface area contributed by atoms with Crippen molar-refractivity contribution in [2.24, 2.45) is 7.05 Å². The highest BCUT2D eigenvalue weighted by atomic mass is 16.3. The minimum absolute atomic E-state index is 0.111. The largest absolute Gasteiger partial charge is 0.374 e. The van der Waals surface area contributed by atoms with Crippen LogP contribution in [0.25, 0.3) is 22.2 Å². The van der Waals surface area contributed by atoms with E-state index in [9.17, 15) is 5.11 Å². The Kier molecular flexibility index (Phi) is 4.26. The molecule has 1 N–H and O–H groups in total. The average molecular weight is 430 g/mol. The van der Waals surface area contributed by atoms with Crippen LogP contribution >= 0.6 is 0 Å². The van der Waals surface area contributed by atoms with Crippen molar-refractivity contribution in [2.75, 3.05) is 16.3 Å². The molecule has 1 aromatic carbocycles. The van der Waals surface area contributed by atoms with E-state index in [0.717, 1.165) is 39.4 Å². The number of fused-ring (bicyclic) bond motifs is 2. The summed E-state index contributed by atoms with van der Waals surface area (Å²) in [4.78, 5) is 8.85. The van der Waals surface area contributed by atoms with Crippen LogP contribution in [0, 0.1) is 0 Å². The van der Waals surface area contributed by atoms with E-state index in [0.29, 0.717) is 12.6 Å². The van der Waals surface area contributed by atoms with Crippen LogP contribution < -0.4 is 9.80 Å². The predicted octanol–water partition coefficient (Wildman–Crippen LogP) is 3.85. The molecule has 0 spiro atoms. The molecule has 0 amide bonds. The molecule has 1 aliphatic heterocycles. The summed E-state index contributed by atoms with van der Waals surface area (Å²) in [7, 11) is 1.93. The number of hydrogen-bond donors (Lipinski definition) is 1. The Morgan fingerprint density at radius 3 is 2.75 bits per heavy atom. The zero-order valence-electron chi connectivity index (χ0n) is 18.5. The first-order valence-electron chi connectivity index (χ1n) is 11.2. The lowest BCUT2D eigenvalue weighted by molar-refractivity contribution is 0.178. The van der Waals surface area contributed by atoms with E-state index in [2.05, 4.69) is 62.0 Å². The first-order valence-corrected chi connectivity index (χ1v) is 11.2. The third-order valence-electron chi connectivity index (χ3n) is 6.56. The minimum Gasteiger partial charge on any atom is -0.374 e. The van der Waals surface area contributed by atoms with Crippen molar-refractivity contribution in [3.05, 3.63) is 48.9 Å². The van der Waals surface area contributed by atoms with Crippen LogP contribution in [0.15, 0.2) is 48.9 Å². The van der Waals surface area contributed by atoms with E-state index in [1.54, 1.807) is 6.20 Å². The summed E-state index contributed by atoms with van der Waals surface area (Å²) < 4.78 is 3.91. The van der Waals surface area contributed by atoms with Crippen LogP contribution in [0.3, 0.4) is 0 Å². The van der Waals surface area contributed by atoms with Gasteiger partial charge in [-0.1, -0.05) is 6.07 Å². The molecule has 8 heteroatoms. The molecule has 1 aliphatic carbocycles. The molecule has 8 nitrogen and oxygen atoms in total. The van der Waals surface area contributed by atoms with E-state index < -0.39 is 6.23 Å². The lowest BCUT2D eigenvalue weighted by Crippen LogP contribution is -2.50. The van der Waals surface area contributed by atoms with Crippen LogP contribution in [-0.2, 0) is 7.05 Å². The highest BCUT2D eigenvalue weighted by Crippen LogP contribution is 2.44. The second-order valence-corrected chi connectivity index (χ2v) is 8.96. The van der Waals surface area contributed by atoms with Gasteiger partial charge in [0.15, 0.2) is 11.5 Å². The van der Waals surface area contributed by atoms with Crippen molar-refractivity contribution >= 4 is 28.2 Å². The fourth-order valence-electron chi connectivity index (χ4n) is 4.89. The van der Waals surface area contributed by atoms with Crippen molar-refractivity contribution < 1.29 is 5.11 Å². The Morgan fingerprint density at radius 1 is 1.12 bits per heavy atom. The standard InChI is InChI=1S/C24H27N7O/c1-15-13-29(24-20-5-4-10-25-23(20)28(3)27-24)22-11-17(6-9-21(22)31(15)16(2)32)18-12-26-30(14-18)19-7-8-19/h4-6,9-12,14-16,19,32H,7-8,13H2,1-3H3/t15-,16?/m0/s1. The zero-order valence-corrected chi connectivity index (χ0v) is 18.5. The lowest BCUT2D eigenvalue weighted by atomic mass is 10.0. The van der Waals surface area contributed by atoms with Gasteiger partial charge in [0.1, 0.15) is 6.23 Å². The molecule has 2 atom stereocenters. The van der Waals surface area contributed by atoms with E-state index >= 15 is 0 Å². The third kappa shape index (κ3) is 2.97. The van der Waals surface area contributed by atoms with Crippen LogP contribution in [0.1, 0.15) is 32.7 Å². The maximum absolute atomic E-state index is 10.5. The quantitative estimate of drug-likeness (QED) is 0.531. The Balaban J connectivity index is 1.51. The Labute approximate surface area is 186 Å². The van der Waals surface area contributed by atoms with Crippen molar-refractivity contribution in [3.63, 3.8) is 0 Å². The SMILES string of the molecule is CC(O)N1c2ccc(-c3cnn(C4CC4)c3)cc2N(c2nn(C)c3ncccc23)C[C@@H]1C. The molecule has 0 saturated heterocycles. The van der Waals surface area contributed by atoms with Crippen molar-refractivity contribution in [2.45, 2.75) is 45.0 Å². The van der Waals surface area contributed by atoms with Gasteiger partial charge in [-0.05, 0) is 56.5 Å². The molecule has 1 saturated carbocycles. The molecule has 4 heterocycles. The molecule has 164 valence electrons. The normalized spacial score (nSPS) is 19.4. The van der Waals surface area contributed by atoms with Gasteiger partial charge in [-0.15, -0.1) is 0 Å². The first-order chi connectivity index (χ1) is 15.5. The topological polar surface area (TPSA) is 75.2 Å². The lowest BCUT2D eigenvalue weighted by Gasteiger charge is -2.44. The van der Waals surface area contributed by atoms with E-state index in [1.807, 2.05) is 30.9 Å². The Morgan fingerprint density at radius 2 is 1.97 bits per heavy atom. The van der Waals surface area contributed by atoms with Crippen LogP contribution in [0.2, 0.25) is 0 Å². The van der Waals surface area contributed by atoms with Gasteiger partial charge in [0.25, 0.3) is 0 Å². The number of hydrogen-bond acceptors (Lipinski definition) is 6. The van der Waals surface area contributed by atoms with Gasteiger partial charge < -0.3 is 14.9 Å². The van der Waals surface area contributed by atoms with Gasteiger partial charge in [0, 0.05) is 37.6 Å². The third-order valence-corrected chi connectivity index (χ3v) is 6.56. The molecule has 1 fully saturated rings. The van der Waals surface area contributed by atoms with Gasteiger partial charge in [0.05, 0.1) is 29.0 Å². The number of rotatable bonds is 4. The highest BCUT2D eigenvalue weighted by molar-refractivity contribution is 5.94. The summed E-state index contributed by atoms with van der Waals surface area (Å²) in [5.74, 6) is 0.889. The molecule has 3 aromatic heterocycles. The predicted molar refractivity (Wildman–Crippen MR) is 125 cm³/mol. The number of pyridine rings is 1. The molecule has 4 aromatic rings. The van der Waals surface area contributed by atoms with Crippen LogP contribution in [0.4, 0.5) is 17.2 Å². The number of anilines is 3. The van der Waals surface area contributed by atoms with Gasteiger partial charge in [0.2, 0.25) is 0 Å². The molecule has 0 radical (unpaired) electrons. The Hall–Kier alpha value is -3.39. The number of nitrogens with zero attached hydrogens (tertiary/aromatic N) is 7. The monoisotopic (exact) mass is 429 g/mol. The summed E-state index contributed by atoms with van der Waals surface area (Å²) in [6.45, 7) is 4.67. The second-order valence-electron chi connectivity index (χ2n) is 8.96. The fraction of sp³-hybridized carbons (Fsp3) is 0.375. The molecule has 0 bridgehead atoms. The number of aliphatic hydroxyl groups excluding tert-OH is 1. The first kappa shape index (κ1) is 19.3.